The minimum Gasteiger partial charge on any atom is -0.497 e. The summed E-state index contributed by atoms with van der Waals surface area (Å²) in [5.74, 6) is 0.687. The van der Waals surface area contributed by atoms with Crippen LogP contribution in [0.3, 0.4) is 0 Å². The quantitative estimate of drug-likeness (QED) is 0.741. The molecule has 0 aliphatic rings. The molecule has 0 saturated carbocycles. The van der Waals surface area contributed by atoms with Crippen LogP contribution in [0.5, 0.6) is 5.75 Å². The van der Waals surface area contributed by atoms with Crippen LogP contribution in [-0.4, -0.2) is 22.6 Å². The monoisotopic (exact) mass is 374 g/mol. The van der Waals surface area contributed by atoms with Crippen molar-refractivity contribution in [1.29, 1.82) is 5.26 Å². The Morgan fingerprint density at radius 2 is 1.96 bits per heavy atom. The number of aryl methyl sites for hydroxylation is 1. The normalized spacial score (nSPS) is 10.2. The SMILES string of the molecule is COc1ccc(-c2nc(C)cc(=O)n2CC(=O)Nc2cccc(C#N)c2)cc1. The molecule has 0 saturated heterocycles. The molecule has 2 aromatic carbocycles. The van der Waals surface area contributed by atoms with Crippen LogP contribution >= 0.6 is 0 Å². The number of hydrogen-bond donors (Lipinski definition) is 1. The van der Waals surface area contributed by atoms with Gasteiger partial charge in [0.2, 0.25) is 5.91 Å². The van der Waals surface area contributed by atoms with E-state index >= 15 is 0 Å². The van der Waals surface area contributed by atoms with E-state index < -0.39 is 5.91 Å². The zero-order valence-electron chi connectivity index (χ0n) is 15.5. The van der Waals surface area contributed by atoms with E-state index in [0.717, 1.165) is 0 Å². The number of amides is 1. The molecule has 7 nitrogen and oxygen atoms in total. The summed E-state index contributed by atoms with van der Waals surface area (Å²) in [6.07, 6.45) is 0. The summed E-state index contributed by atoms with van der Waals surface area (Å²) in [6, 6.07) is 17.1. The molecule has 3 rings (SSSR count). The predicted molar refractivity (Wildman–Crippen MR) is 105 cm³/mol. The number of nitrogens with one attached hydrogen (secondary N) is 1. The lowest BCUT2D eigenvalue weighted by molar-refractivity contribution is -0.116. The molecule has 0 spiro atoms. The molecule has 0 aliphatic carbocycles. The number of nitrogens with zero attached hydrogens (tertiary/aromatic N) is 3. The molecule has 3 aromatic rings. The summed E-state index contributed by atoms with van der Waals surface area (Å²) < 4.78 is 6.47. The maximum Gasteiger partial charge on any atom is 0.254 e. The molecule has 1 amide bonds. The van der Waals surface area contributed by atoms with E-state index in [1.165, 1.54) is 10.6 Å². The summed E-state index contributed by atoms with van der Waals surface area (Å²) >= 11 is 0. The summed E-state index contributed by atoms with van der Waals surface area (Å²) in [6.45, 7) is 1.52. The van der Waals surface area contributed by atoms with Crippen LogP contribution in [0.2, 0.25) is 0 Å². The van der Waals surface area contributed by atoms with Crippen LogP contribution in [0.15, 0.2) is 59.4 Å². The molecular weight excluding hydrogens is 356 g/mol. The molecule has 0 bridgehead atoms. The molecule has 0 unspecified atom stereocenters. The molecule has 140 valence electrons. The zero-order chi connectivity index (χ0) is 20.1. The van der Waals surface area contributed by atoms with Crippen molar-refractivity contribution in [2.24, 2.45) is 0 Å². The first-order valence-corrected chi connectivity index (χ1v) is 8.53. The summed E-state index contributed by atoms with van der Waals surface area (Å²) in [7, 11) is 1.57. The predicted octanol–water partition coefficient (Wildman–Crippen LogP) is 2.74. The van der Waals surface area contributed by atoms with Gasteiger partial charge >= 0.3 is 0 Å². The van der Waals surface area contributed by atoms with E-state index in [4.69, 9.17) is 10.00 Å². The van der Waals surface area contributed by atoms with Crippen LogP contribution in [0.4, 0.5) is 5.69 Å². The Morgan fingerprint density at radius 1 is 1.21 bits per heavy atom. The van der Waals surface area contributed by atoms with Crippen LogP contribution in [0.1, 0.15) is 11.3 Å². The maximum atomic E-state index is 12.5. The first-order valence-electron chi connectivity index (χ1n) is 8.53. The standard InChI is InChI=1S/C21H18N4O3/c1-14-10-20(27)25(21(23-14)16-6-8-18(28-2)9-7-16)13-19(26)24-17-5-3-4-15(11-17)12-22/h3-11H,13H2,1-2H3,(H,24,26). The lowest BCUT2D eigenvalue weighted by Gasteiger charge is -2.13. The van der Waals surface area contributed by atoms with Gasteiger partial charge in [0, 0.05) is 23.0 Å². The number of ether oxygens (including phenoxy) is 1. The summed E-state index contributed by atoms with van der Waals surface area (Å²) in [5.41, 5.74) is 1.86. The van der Waals surface area contributed by atoms with Crippen molar-refractivity contribution >= 4 is 11.6 Å². The molecular formula is C21H18N4O3. The van der Waals surface area contributed by atoms with Crippen molar-refractivity contribution in [2.75, 3.05) is 12.4 Å². The Balaban J connectivity index is 1.91. The Kier molecular flexibility index (Phi) is 5.51. The van der Waals surface area contributed by atoms with Crippen molar-refractivity contribution in [3.8, 4) is 23.2 Å². The zero-order valence-corrected chi connectivity index (χ0v) is 15.5. The first-order chi connectivity index (χ1) is 13.5. The number of aromatic nitrogens is 2. The lowest BCUT2D eigenvalue weighted by Crippen LogP contribution is -2.29. The van der Waals surface area contributed by atoms with Gasteiger partial charge in [0.25, 0.3) is 5.56 Å². The smallest absolute Gasteiger partial charge is 0.254 e. The van der Waals surface area contributed by atoms with E-state index in [2.05, 4.69) is 10.3 Å². The van der Waals surface area contributed by atoms with Gasteiger partial charge in [-0.2, -0.15) is 5.26 Å². The third kappa shape index (κ3) is 4.24. The fraction of sp³-hybridized carbons (Fsp3) is 0.143. The summed E-state index contributed by atoms with van der Waals surface area (Å²) in [5, 5.41) is 11.7. The number of rotatable bonds is 5. The minimum atomic E-state index is -0.391. The van der Waals surface area contributed by atoms with Gasteiger partial charge in [-0.3, -0.25) is 14.2 Å². The van der Waals surface area contributed by atoms with E-state index in [1.54, 1.807) is 62.6 Å². The second-order valence-electron chi connectivity index (χ2n) is 6.11. The second-order valence-corrected chi connectivity index (χ2v) is 6.11. The van der Waals surface area contributed by atoms with Crippen LogP contribution in [-0.2, 0) is 11.3 Å². The fourth-order valence-electron chi connectivity index (χ4n) is 2.74. The van der Waals surface area contributed by atoms with Crippen molar-refractivity contribution in [3.63, 3.8) is 0 Å². The minimum absolute atomic E-state index is 0.204. The number of carbonyl (C=O) groups is 1. The molecule has 0 fully saturated rings. The first kappa shape index (κ1) is 18.9. The Labute approximate surface area is 161 Å². The van der Waals surface area contributed by atoms with E-state index in [-0.39, 0.29) is 12.1 Å². The molecule has 1 aromatic heterocycles. The molecule has 7 heteroatoms. The van der Waals surface area contributed by atoms with Gasteiger partial charge in [-0.05, 0) is 49.4 Å². The number of benzene rings is 2. The molecule has 0 atom stereocenters. The van der Waals surface area contributed by atoms with Gasteiger partial charge in [-0.25, -0.2) is 4.98 Å². The van der Waals surface area contributed by atoms with Gasteiger partial charge < -0.3 is 10.1 Å². The van der Waals surface area contributed by atoms with Gasteiger partial charge in [-0.1, -0.05) is 6.07 Å². The van der Waals surface area contributed by atoms with Crippen LogP contribution in [0, 0.1) is 18.3 Å². The number of hydrogen-bond acceptors (Lipinski definition) is 5. The molecule has 1 N–H and O–H groups in total. The highest BCUT2D eigenvalue weighted by molar-refractivity contribution is 5.91. The maximum absolute atomic E-state index is 12.5. The lowest BCUT2D eigenvalue weighted by atomic mass is 10.2. The highest BCUT2D eigenvalue weighted by Crippen LogP contribution is 2.20. The average Bonchev–Trinajstić information content (AvgIpc) is 2.70. The van der Waals surface area contributed by atoms with Gasteiger partial charge in [-0.15, -0.1) is 0 Å². The highest BCUT2D eigenvalue weighted by atomic mass is 16.5. The van der Waals surface area contributed by atoms with Crippen molar-refractivity contribution in [2.45, 2.75) is 13.5 Å². The number of anilines is 1. The number of nitriles is 1. The van der Waals surface area contributed by atoms with Gasteiger partial charge in [0.05, 0.1) is 18.7 Å². The highest BCUT2D eigenvalue weighted by Gasteiger charge is 2.13. The van der Waals surface area contributed by atoms with E-state index in [0.29, 0.717) is 34.1 Å². The third-order valence-corrected chi connectivity index (χ3v) is 4.06. The number of methoxy groups -OCH3 is 1. The topological polar surface area (TPSA) is 97.0 Å². The molecule has 0 radical (unpaired) electrons. The number of carbonyl (C=O) groups excluding carboxylic acids is 1. The fourth-order valence-corrected chi connectivity index (χ4v) is 2.74. The second kappa shape index (κ2) is 8.18. The molecule has 1 heterocycles. The Morgan fingerprint density at radius 3 is 2.64 bits per heavy atom. The van der Waals surface area contributed by atoms with Crippen LogP contribution < -0.4 is 15.6 Å². The Bertz CT molecular complexity index is 1110. The van der Waals surface area contributed by atoms with Crippen molar-refractivity contribution < 1.29 is 9.53 Å². The van der Waals surface area contributed by atoms with E-state index in [9.17, 15) is 9.59 Å². The van der Waals surface area contributed by atoms with Crippen molar-refractivity contribution in [3.05, 3.63) is 76.2 Å². The largest absolute Gasteiger partial charge is 0.497 e. The van der Waals surface area contributed by atoms with Crippen LogP contribution in [0.25, 0.3) is 11.4 Å². The third-order valence-electron chi connectivity index (χ3n) is 4.06. The molecule has 28 heavy (non-hydrogen) atoms. The van der Waals surface area contributed by atoms with Gasteiger partial charge in [0.15, 0.2) is 0 Å². The van der Waals surface area contributed by atoms with E-state index in [1.807, 2.05) is 6.07 Å². The summed E-state index contributed by atoms with van der Waals surface area (Å²) in [4.78, 5) is 29.5. The van der Waals surface area contributed by atoms with Gasteiger partial charge in [0.1, 0.15) is 18.1 Å². The molecule has 0 aliphatic heterocycles. The Hall–Kier alpha value is -3.92. The van der Waals surface area contributed by atoms with Crippen molar-refractivity contribution in [1.82, 2.24) is 9.55 Å². The average molecular weight is 374 g/mol.